The first-order valence-corrected chi connectivity index (χ1v) is 3.27. The van der Waals surface area contributed by atoms with Crippen LogP contribution in [0.25, 0.3) is 0 Å². The first-order chi connectivity index (χ1) is 4.58. The van der Waals surface area contributed by atoms with E-state index in [4.69, 9.17) is 5.11 Å². The van der Waals surface area contributed by atoms with Crippen molar-refractivity contribution >= 4 is 0 Å². The van der Waals surface area contributed by atoms with E-state index in [0.717, 1.165) is 0 Å². The summed E-state index contributed by atoms with van der Waals surface area (Å²) in [5.41, 5.74) is 0. The van der Waals surface area contributed by atoms with Crippen LogP contribution in [0, 0.1) is 0 Å². The van der Waals surface area contributed by atoms with E-state index in [1.807, 2.05) is 0 Å². The number of likely N-dealkylation sites (tertiary alicyclic amines) is 1. The van der Waals surface area contributed by atoms with Crippen molar-refractivity contribution in [1.82, 2.24) is 4.90 Å². The summed E-state index contributed by atoms with van der Waals surface area (Å²) in [6.07, 6.45) is -0.130. The van der Waals surface area contributed by atoms with Gasteiger partial charge < -0.3 is 5.11 Å². The van der Waals surface area contributed by atoms with Crippen LogP contribution in [0.2, 0.25) is 0 Å². The lowest BCUT2D eigenvalue weighted by molar-refractivity contribution is -0.0468. The van der Waals surface area contributed by atoms with Crippen LogP contribution in [0.5, 0.6) is 0 Å². The Bertz CT molecular complexity index is 129. The summed E-state index contributed by atoms with van der Waals surface area (Å²) in [5.74, 6) is -2.69. The molecule has 1 fully saturated rings. The van der Waals surface area contributed by atoms with Gasteiger partial charge in [-0.3, -0.25) is 4.90 Å². The normalized spacial score (nSPS) is 33.0. The molecule has 0 aromatic carbocycles. The predicted molar refractivity (Wildman–Crippen MR) is 33.1 cm³/mol. The van der Waals surface area contributed by atoms with Crippen LogP contribution in [0.3, 0.4) is 0 Å². The third-order valence-electron chi connectivity index (χ3n) is 1.99. The summed E-state index contributed by atoms with van der Waals surface area (Å²) in [4.78, 5) is 1.49. The van der Waals surface area contributed by atoms with Gasteiger partial charge >= 0.3 is 0 Å². The highest BCUT2D eigenvalue weighted by molar-refractivity contribution is 4.90. The fourth-order valence-corrected chi connectivity index (χ4v) is 1.24. The molecule has 1 saturated heterocycles. The van der Waals surface area contributed by atoms with Crippen LogP contribution in [0.4, 0.5) is 8.78 Å². The highest BCUT2D eigenvalue weighted by Gasteiger charge is 2.46. The topological polar surface area (TPSA) is 23.5 Å². The maximum atomic E-state index is 12.7. The number of aliphatic hydroxyl groups excluding tert-OH is 1. The molecule has 60 valence electrons. The quantitative estimate of drug-likeness (QED) is 0.583. The summed E-state index contributed by atoms with van der Waals surface area (Å²) in [6.45, 7) is -0.0816. The summed E-state index contributed by atoms with van der Waals surface area (Å²) in [6, 6.07) is -0.965. The molecule has 10 heavy (non-hydrogen) atoms. The molecule has 0 radical (unpaired) electrons. The summed E-state index contributed by atoms with van der Waals surface area (Å²) in [7, 11) is 1.60. The van der Waals surface area contributed by atoms with E-state index < -0.39 is 18.6 Å². The van der Waals surface area contributed by atoms with Gasteiger partial charge in [-0.1, -0.05) is 0 Å². The molecule has 0 aliphatic carbocycles. The average Bonchev–Trinajstić information content (AvgIpc) is 2.07. The highest BCUT2D eigenvalue weighted by atomic mass is 19.3. The van der Waals surface area contributed by atoms with Gasteiger partial charge in [-0.15, -0.1) is 0 Å². The van der Waals surface area contributed by atoms with E-state index in [0.29, 0.717) is 6.54 Å². The molecule has 1 unspecified atom stereocenters. The molecular weight excluding hydrogens is 140 g/mol. The molecule has 1 aliphatic heterocycles. The van der Waals surface area contributed by atoms with E-state index >= 15 is 0 Å². The van der Waals surface area contributed by atoms with E-state index in [1.54, 1.807) is 7.05 Å². The zero-order chi connectivity index (χ0) is 7.78. The van der Waals surface area contributed by atoms with Crippen molar-refractivity contribution in [1.29, 1.82) is 0 Å². The smallest absolute Gasteiger partial charge is 0.266 e. The predicted octanol–water partition coefficient (Wildman–Crippen LogP) is 0.318. The van der Waals surface area contributed by atoms with Gasteiger partial charge in [0, 0.05) is 13.0 Å². The first-order valence-electron chi connectivity index (χ1n) is 3.27. The molecule has 4 heteroatoms. The Kier molecular flexibility index (Phi) is 1.92. The summed E-state index contributed by atoms with van der Waals surface area (Å²) >= 11 is 0. The lowest BCUT2D eigenvalue weighted by Crippen LogP contribution is -2.39. The molecule has 0 spiro atoms. The van der Waals surface area contributed by atoms with Crippen molar-refractivity contribution in [3.05, 3.63) is 0 Å². The van der Waals surface area contributed by atoms with Crippen molar-refractivity contribution in [3.8, 4) is 0 Å². The minimum Gasteiger partial charge on any atom is -0.395 e. The molecule has 0 bridgehead atoms. The minimum atomic E-state index is -2.69. The average molecular weight is 151 g/mol. The number of rotatable bonds is 1. The molecule has 0 aromatic heterocycles. The number of likely N-dealkylation sites (N-methyl/N-ethyl adjacent to an activating group) is 1. The van der Waals surface area contributed by atoms with E-state index in [2.05, 4.69) is 0 Å². The maximum absolute atomic E-state index is 12.7. The second-order valence-corrected chi connectivity index (χ2v) is 2.69. The minimum absolute atomic E-state index is 0.130. The number of halogens is 2. The van der Waals surface area contributed by atoms with Gasteiger partial charge in [-0.2, -0.15) is 0 Å². The Labute approximate surface area is 58.4 Å². The number of alkyl halides is 2. The Morgan fingerprint density at radius 3 is 2.50 bits per heavy atom. The molecule has 1 rings (SSSR count). The highest BCUT2D eigenvalue weighted by Crippen LogP contribution is 2.32. The zero-order valence-corrected chi connectivity index (χ0v) is 5.85. The lowest BCUT2D eigenvalue weighted by Gasteiger charge is -2.21. The third kappa shape index (κ3) is 1.13. The van der Waals surface area contributed by atoms with Crippen LogP contribution >= 0.6 is 0 Å². The zero-order valence-electron chi connectivity index (χ0n) is 5.85. The van der Waals surface area contributed by atoms with Gasteiger partial charge in [0.15, 0.2) is 0 Å². The monoisotopic (exact) mass is 151 g/mol. The maximum Gasteiger partial charge on any atom is 0.266 e. The van der Waals surface area contributed by atoms with Crippen molar-refractivity contribution in [2.24, 2.45) is 0 Å². The molecule has 1 aliphatic rings. The van der Waals surface area contributed by atoms with Gasteiger partial charge in [0.05, 0.1) is 12.6 Å². The lowest BCUT2D eigenvalue weighted by atomic mass is 10.2. The number of nitrogens with zero attached hydrogens (tertiary/aromatic N) is 1. The molecule has 2 nitrogen and oxygen atoms in total. The van der Waals surface area contributed by atoms with Crippen molar-refractivity contribution in [3.63, 3.8) is 0 Å². The SMILES string of the molecule is CN1CCC(F)(F)C1CO. The van der Waals surface area contributed by atoms with E-state index in [9.17, 15) is 8.78 Å². The number of aliphatic hydroxyl groups is 1. The van der Waals surface area contributed by atoms with Gasteiger partial charge in [0.25, 0.3) is 5.92 Å². The molecule has 1 heterocycles. The van der Waals surface area contributed by atoms with Crippen LogP contribution in [0.1, 0.15) is 6.42 Å². The van der Waals surface area contributed by atoms with Gasteiger partial charge in [0.1, 0.15) is 0 Å². The summed E-state index contributed by atoms with van der Waals surface area (Å²) < 4.78 is 25.3. The molecule has 1 atom stereocenters. The molecule has 0 amide bonds. The van der Waals surface area contributed by atoms with Crippen LogP contribution in [-0.4, -0.2) is 42.2 Å². The largest absolute Gasteiger partial charge is 0.395 e. The van der Waals surface area contributed by atoms with E-state index in [-0.39, 0.29) is 6.42 Å². The number of hydrogen-bond donors (Lipinski definition) is 1. The van der Waals surface area contributed by atoms with Crippen LogP contribution in [-0.2, 0) is 0 Å². The fourth-order valence-electron chi connectivity index (χ4n) is 1.24. The fraction of sp³-hybridized carbons (Fsp3) is 1.00. The van der Waals surface area contributed by atoms with Crippen molar-refractivity contribution in [2.45, 2.75) is 18.4 Å². The second kappa shape index (κ2) is 2.43. The van der Waals surface area contributed by atoms with Crippen molar-refractivity contribution in [2.75, 3.05) is 20.2 Å². The third-order valence-corrected chi connectivity index (χ3v) is 1.99. The van der Waals surface area contributed by atoms with Gasteiger partial charge in [-0.05, 0) is 7.05 Å². The standard InChI is InChI=1S/C6H11F2NO/c1-9-3-2-6(7,8)5(9)4-10/h5,10H,2-4H2,1H3. The first kappa shape index (κ1) is 7.88. The van der Waals surface area contributed by atoms with Gasteiger partial charge in [0.2, 0.25) is 0 Å². The van der Waals surface area contributed by atoms with E-state index in [1.165, 1.54) is 4.90 Å². The Hall–Kier alpha value is -0.220. The second-order valence-electron chi connectivity index (χ2n) is 2.69. The molecule has 1 N–H and O–H groups in total. The Morgan fingerprint density at radius 2 is 2.30 bits per heavy atom. The number of hydrogen-bond acceptors (Lipinski definition) is 2. The van der Waals surface area contributed by atoms with Gasteiger partial charge in [-0.25, -0.2) is 8.78 Å². The van der Waals surface area contributed by atoms with Crippen molar-refractivity contribution < 1.29 is 13.9 Å². The molecular formula is C6H11F2NO. The molecule has 0 saturated carbocycles. The molecule has 0 aromatic rings. The van der Waals surface area contributed by atoms with Crippen LogP contribution in [0.15, 0.2) is 0 Å². The van der Waals surface area contributed by atoms with Crippen LogP contribution < -0.4 is 0 Å². The Morgan fingerprint density at radius 1 is 1.70 bits per heavy atom. The summed E-state index contributed by atoms with van der Waals surface area (Å²) in [5, 5.41) is 8.55. The Balaban J connectivity index is 2.63.